The number of hydrogen-bond acceptors (Lipinski definition) is 3. The Morgan fingerprint density at radius 3 is 2.69 bits per heavy atom. The molecule has 2 saturated heterocycles. The maximum absolute atomic E-state index is 5.44. The zero-order valence-electron chi connectivity index (χ0n) is 10.6. The fourth-order valence-corrected chi connectivity index (χ4v) is 3.23. The second kappa shape index (κ2) is 5.99. The molecule has 0 saturated carbocycles. The van der Waals surface area contributed by atoms with Crippen molar-refractivity contribution in [1.82, 2.24) is 10.6 Å². The molecule has 2 fully saturated rings. The first-order valence-electron chi connectivity index (χ1n) is 6.82. The molecule has 2 N–H and O–H groups in total. The van der Waals surface area contributed by atoms with Gasteiger partial charge in [-0.15, -0.1) is 0 Å². The Balaban J connectivity index is 1.89. The van der Waals surface area contributed by atoms with E-state index in [1.54, 1.807) is 0 Å². The average Bonchev–Trinajstić information content (AvgIpc) is 2.31. The minimum Gasteiger partial charge on any atom is -0.383 e. The van der Waals surface area contributed by atoms with E-state index in [-0.39, 0.29) is 5.54 Å². The molecule has 0 aliphatic carbocycles. The van der Waals surface area contributed by atoms with Crippen LogP contribution in [0, 0.1) is 0 Å². The molecule has 0 spiro atoms. The van der Waals surface area contributed by atoms with E-state index in [1.807, 2.05) is 7.11 Å². The van der Waals surface area contributed by atoms with Gasteiger partial charge in [-0.05, 0) is 45.2 Å². The topological polar surface area (TPSA) is 33.3 Å². The summed E-state index contributed by atoms with van der Waals surface area (Å²) >= 11 is 0. The Hall–Kier alpha value is -0.120. The minimum atomic E-state index is 0.252. The van der Waals surface area contributed by atoms with Gasteiger partial charge in [-0.1, -0.05) is 12.8 Å². The van der Waals surface area contributed by atoms with Crippen LogP contribution in [0.5, 0.6) is 0 Å². The highest BCUT2D eigenvalue weighted by atomic mass is 16.5. The number of hydrogen-bond donors (Lipinski definition) is 2. The van der Waals surface area contributed by atoms with E-state index in [0.717, 1.165) is 13.2 Å². The van der Waals surface area contributed by atoms with E-state index in [9.17, 15) is 0 Å². The number of rotatable bonds is 4. The standard InChI is InChI=1S/C13H26N2O/c1-16-11-13(7-3-5-9-15-13)10-12-6-2-4-8-14-12/h12,14-15H,2-11H2,1H3. The molecule has 2 heterocycles. The van der Waals surface area contributed by atoms with Crippen LogP contribution in [-0.2, 0) is 4.74 Å². The first-order valence-corrected chi connectivity index (χ1v) is 6.82. The fraction of sp³-hybridized carbons (Fsp3) is 1.00. The minimum absolute atomic E-state index is 0.252. The van der Waals surface area contributed by atoms with E-state index in [0.29, 0.717) is 6.04 Å². The zero-order valence-corrected chi connectivity index (χ0v) is 10.6. The highest BCUT2D eigenvalue weighted by Crippen LogP contribution is 2.27. The predicted molar refractivity (Wildman–Crippen MR) is 66.7 cm³/mol. The van der Waals surface area contributed by atoms with Gasteiger partial charge in [0.25, 0.3) is 0 Å². The summed E-state index contributed by atoms with van der Waals surface area (Å²) in [6.07, 6.45) is 9.27. The van der Waals surface area contributed by atoms with Crippen molar-refractivity contribution < 1.29 is 4.74 Å². The SMILES string of the molecule is COCC1(CC2CCCCN2)CCCCN1. The Morgan fingerprint density at radius 1 is 1.19 bits per heavy atom. The molecule has 3 nitrogen and oxygen atoms in total. The summed E-state index contributed by atoms with van der Waals surface area (Å²) in [5.41, 5.74) is 0.252. The third-order valence-electron chi connectivity index (χ3n) is 4.05. The molecule has 0 amide bonds. The van der Waals surface area contributed by atoms with Crippen LogP contribution in [0.25, 0.3) is 0 Å². The van der Waals surface area contributed by atoms with Crippen LogP contribution in [0.1, 0.15) is 44.9 Å². The number of ether oxygens (including phenoxy) is 1. The van der Waals surface area contributed by atoms with E-state index in [4.69, 9.17) is 4.74 Å². The summed E-state index contributed by atoms with van der Waals surface area (Å²) in [7, 11) is 1.83. The number of piperidine rings is 2. The Labute approximate surface area is 99.3 Å². The van der Waals surface area contributed by atoms with Crippen LogP contribution in [0.2, 0.25) is 0 Å². The van der Waals surface area contributed by atoms with Crippen molar-refractivity contribution in [1.29, 1.82) is 0 Å². The van der Waals surface area contributed by atoms with Crippen LogP contribution in [0.4, 0.5) is 0 Å². The third-order valence-corrected chi connectivity index (χ3v) is 4.05. The van der Waals surface area contributed by atoms with Gasteiger partial charge in [-0.2, -0.15) is 0 Å². The molecule has 0 aromatic rings. The van der Waals surface area contributed by atoms with Crippen LogP contribution in [0.3, 0.4) is 0 Å². The van der Waals surface area contributed by atoms with Crippen molar-refractivity contribution in [3.8, 4) is 0 Å². The molecule has 2 rings (SSSR count). The largest absolute Gasteiger partial charge is 0.383 e. The van der Waals surface area contributed by atoms with E-state index in [1.165, 1.54) is 51.5 Å². The molecule has 0 radical (unpaired) electrons. The highest BCUT2D eigenvalue weighted by Gasteiger charge is 2.34. The van der Waals surface area contributed by atoms with Crippen molar-refractivity contribution in [3.63, 3.8) is 0 Å². The Kier molecular flexibility index (Phi) is 4.62. The summed E-state index contributed by atoms with van der Waals surface area (Å²) in [6.45, 7) is 3.23. The van der Waals surface area contributed by atoms with Gasteiger partial charge >= 0.3 is 0 Å². The first kappa shape index (κ1) is 12.3. The molecule has 2 aliphatic rings. The van der Waals surface area contributed by atoms with Crippen LogP contribution >= 0.6 is 0 Å². The van der Waals surface area contributed by atoms with Gasteiger partial charge in [-0.25, -0.2) is 0 Å². The molecule has 0 aromatic carbocycles. The van der Waals surface area contributed by atoms with Crippen molar-refractivity contribution in [2.75, 3.05) is 26.8 Å². The van der Waals surface area contributed by atoms with Crippen molar-refractivity contribution >= 4 is 0 Å². The molecule has 94 valence electrons. The lowest BCUT2D eigenvalue weighted by Crippen LogP contribution is -2.55. The number of methoxy groups -OCH3 is 1. The van der Waals surface area contributed by atoms with Crippen molar-refractivity contribution in [2.45, 2.75) is 56.5 Å². The lowest BCUT2D eigenvalue weighted by molar-refractivity contribution is 0.0731. The van der Waals surface area contributed by atoms with E-state index >= 15 is 0 Å². The molecular weight excluding hydrogens is 200 g/mol. The normalized spacial score (nSPS) is 36.2. The van der Waals surface area contributed by atoms with Gasteiger partial charge in [0.1, 0.15) is 0 Å². The molecule has 2 unspecified atom stereocenters. The molecule has 3 heteroatoms. The summed E-state index contributed by atoms with van der Waals surface area (Å²) in [4.78, 5) is 0. The molecule has 2 atom stereocenters. The first-order chi connectivity index (χ1) is 7.85. The van der Waals surface area contributed by atoms with Crippen molar-refractivity contribution in [3.05, 3.63) is 0 Å². The third kappa shape index (κ3) is 3.19. The van der Waals surface area contributed by atoms with E-state index in [2.05, 4.69) is 10.6 Å². The number of nitrogens with one attached hydrogen (secondary N) is 2. The monoisotopic (exact) mass is 226 g/mol. The highest BCUT2D eigenvalue weighted by molar-refractivity contribution is 4.95. The van der Waals surface area contributed by atoms with Gasteiger partial charge in [0.2, 0.25) is 0 Å². The Bertz CT molecular complexity index is 191. The van der Waals surface area contributed by atoms with Gasteiger partial charge in [0, 0.05) is 18.7 Å². The lowest BCUT2D eigenvalue weighted by atomic mass is 9.82. The predicted octanol–water partition coefficient (Wildman–Crippen LogP) is 1.68. The summed E-state index contributed by atoms with van der Waals surface area (Å²) in [5, 5.41) is 7.37. The van der Waals surface area contributed by atoms with Gasteiger partial charge < -0.3 is 15.4 Å². The fourth-order valence-electron chi connectivity index (χ4n) is 3.23. The van der Waals surface area contributed by atoms with Crippen LogP contribution < -0.4 is 10.6 Å². The van der Waals surface area contributed by atoms with Gasteiger partial charge in [0.15, 0.2) is 0 Å². The maximum Gasteiger partial charge on any atom is 0.0645 e. The summed E-state index contributed by atoms with van der Waals surface area (Å²) in [6, 6.07) is 0.703. The van der Waals surface area contributed by atoms with Crippen LogP contribution in [0.15, 0.2) is 0 Å². The van der Waals surface area contributed by atoms with Gasteiger partial charge in [0.05, 0.1) is 6.61 Å². The molecule has 0 aromatic heterocycles. The summed E-state index contributed by atoms with van der Waals surface area (Å²) < 4.78 is 5.44. The molecule has 2 aliphatic heterocycles. The smallest absolute Gasteiger partial charge is 0.0645 e. The maximum atomic E-state index is 5.44. The average molecular weight is 226 g/mol. The van der Waals surface area contributed by atoms with Crippen LogP contribution in [-0.4, -0.2) is 38.4 Å². The second-order valence-corrected chi connectivity index (χ2v) is 5.45. The molecule has 0 bridgehead atoms. The van der Waals surface area contributed by atoms with E-state index < -0.39 is 0 Å². The lowest BCUT2D eigenvalue weighted by Gasteiger charge is -2.41. The second-order valence-electron chi connectivity index (χ2n) is 5.45. The quantitative estimate of drug-likeness (QED) is 0.765. The Morgan fingerprint density at radius 2 is 2.06 bits per heavy atom. The summed E-state index contributed by atoms with van der Waals surface area (Å²) in [5.74, 6) is 0. The van der Waals surface area contributed by atoms with Crippen molar-refractivity contribution in [2.24, 2.45) is 0 Å². The van der Waals surface area contributed by atoms with Gasteiger partial charge in [-0.3, -0.25) is 0 Å². The molecular formula is C13H26N2O. The zero-order chi connectivity index (χ0) is 11.3. The molecule has 16 heavy (non-hydrogen) atoms.